The Morgan fingerprint density at radius 1 is 1.04 bits per heavy atom. The minimum Gasteiger partial charge on any atom is -0.510 e. The maximum absolute atomic E-state index is 10.6. The van der Waals surface area contributed by atoms with Crippen LogP contribution >= 0.6 is 11.3 Å². The van der Waals surface area contributed by atoms with Gasteiger partial charge in [0.15, 0.2) is 0 Å². The first-order valence-corrected chi connectivity index (χ1v) is 9.71. The van der Waals surface area contributed by atoms with Gasteiger partial charge >= 0.3 is 0 Å². The van der Waals surface area contributed by atoms with Gasteiger partial charge in [0.1, 0.15) is 16.6 Å². The van der Waals surface area contributed by atoms with Gasteiger partial charge in [0.05, 0.1) is 17.8 Å². The molecule has 2 heterocycles. The summed E-state index contributed by atoms with van der Waals surface area (Å²) in [7, 11) is 0. The van der Waals surface area contributed by atoms with Crippen LogP contribution in [0.4, 0.5) is 5.69 Å². The number of amidine groups is 1. The first-order valence-electron chi connectivity index (χ1n) is 8.83. The van der Waals surface area contributed by atoms with Crippen LogP contribution in [0.5, 0.6) is 0 Å². The smallest absolute Gasteiger partial charge is 0.139 e. The summed E-state index contributed by atoms with van der Waals surface area (Å²) in [6.07, 6.45) is 0. The Hall–Kier alpha value is -2.92. The van der Waals surface area contributed by atoms with E-state index < -0.39 is 0 Å². The van der Waals surface area contributed by atoms with Crippen molar-refractivity contribution in [1.29, 1.82) is 5.41 Å². The number of nitrogens with one attached hydrogen (secondary N) is 1. The van der Waals surface area contributed by atoms with Crippen molar-refractivity contribution in [3.63, 3.8) is 0 Å². The van der Waals surface area contributed by atoms with Gasteiger partial charge in [-0.3, -0.25) is 5.41 Å². The average molecular weight is 375 g/mol. The van der Waals surface area contributed by atoms with Crippen molar-refractivity contribution in [1.82, 2.24) is 4.98 Å². The van der Waals surface area contributed by atoms with Gasteiger partial charge in [0.25, 0.3) is 0 Å². The monoisotopic (exact) mass is 375 g/mol. The predicted octanol–water partition coefficient (Wildman–Crippen LogP) is 5.50. The van der Waals surface area contributed by atoms with E-state index in [2.05, 4.69) is 31.2 Å². The van der Waals surface area contributed by atoms with Crippen molar-refractivity contribution >= 4 is 28.4 Å². The van der Waals surface area contributed by atoms with Crippen LogP contribution in [-0.2, 0) is 0 Å². The highest BCUT2D eigenvalue weighted by atomic mass is 32.1. The molecule has 0 unspecified atom stereocenters. The molecule has 136 valence electrons. The fourth-order valence-electron chi connectivity index (χ4n) is 3.27. The van der Waals surface area contributed by atoms with Gasteiger partial charge in [-0.1, -0.05) is 42.0 Å². The van der Waals surface area contributed by atoms with E-state index in [9.17, 15) is 5.11 Å². The molecule has 4 rings (SSSR count). The molecule has 0 atom stereocenters. The van der Waals surface area contributed by atoms with Crippen molar-refractivity contribution in [3.05, 3.63) is 75.3 Å². The van der Waals surface area contributed by atoms with Crippen LogP contribution < -0.4 is 4.90 Å². The molecule has 0 spiro atoms. The number of aromatic nitrogens is 1. The summed E-state index contributed by atoms with van der Waals surface area (Å²) in [5.41, 5.74) is 6.81. The van der Waals surface area contributed by atoms with Crippen LogP contribution in [0.15, 0.2) is 53.6 Å². The molecule has 0 amide bonds. The van der Waals surface area contributed by atoms with E-state index in [1.54, 1.807) is 0 Å². The molecule has 3 aromatic rings. The van der Waals surface area contributed by atoms with E-state index in [0.717, 1.165) is 28.1 Å². The zero-order chi connectivity index (χ0) is 19.1. The number of rotatable bonds is 3. The Bertz CT molecular complexity index is 1060. The van der Waals surface area contributed by atoms with E-state index in [-0.39, 0.29) is 5.76 Å². The highest BCUT2D eigenvalue weighted by Gasteiger charge is 2.32. The number of aliphatic hydroxyl groups is 1. The van der Waals surface area contributed by atoms with E-state index in [0.29, 0.717) is 23.0 Å². The van der Waals surface area contributed by atoms with Crippen LogP contribution in [0, 0.1) is 26.2 Å². The van der Waals surface area contributed by atoms with Gasteiger partial charge in [-0.15, -0.1) is 11.3 Å². The molecule has 0 saturated carbocycles. The van der Waals surface area contributed by atoms with Crippen LogP contribution in [0.25, 0.3) is 16.8 Å². The highest BCUT2D eigenvalue weighted by molar-refractivity contribution is 7.11. The van der Waals surface area contributed by atoms with Crippen molar-refractivity contribution < 1.29 is 5.11 Å². The third-order valence-corrected chi connectivity index (χ3v) is 5.68. The molecule has 0 aliphatic carbocycles. The van der Waals surface area contributed by atoms with E-state index >= 15 is 0 Å². The fraction of sp³-hybridized carbons (Fsp3) is 0.182. The topological polar surface area (TPSA) is 60.2 Å². The molecule has 0 fully saturated rings. The zero-order valence-corrected chi connectivity index (χ0v) is 16.4. The number of hydrogen-bond donors (Lipinski definition) is 2. The highest BCUT2D eigenvalue weighted by Crippen LogP contribution is 2.35. The van der Waals surface area contributed by atoms with Crippen LogP contribution in [0.2, 0.25) is 0 Å². The third kappa shape index (κ3) is 3.15. The lowest BCUT2D eigenvalue weighted by atomic mass is 10.1. The number of aryl methyl sites for hydroxylation is 3. The lowest BCUT2D eigenvalue weighted by molar-refractivity contribution is 0.411. The third-order valence-electron chi connectivity index (χ3n) is 4.82. The number of benzene rings is 2. The van der Waals surface area contributed by atoms with Crippen molar-refractivity contribution in [2.45, 2.75) is 20.8 Å². The van der Waals surface area contributed by atoms with E-state index in [1.165, 1.54) is 16.9 Å². The van der Waals surface area contributed by atoms with Crippen molar-refractivity contribution in [2.24, 2.45) is 0 Å². The second kappa shape index (κ2) is 6.67. The van der Waals surface area contributed by atoms with Gasteiger partial charge in [0.2, 0.25) is 0 Å². The SMILES string of the molecule is Cc1ccc(-c2csc(C3=C(O)CN(c4cc(C)ccc4C)C3=N)n2)cc1. The quantitative estimate of drug-likeness (QED) is 0.635. The molecule has 2 N–H and O–H groups in total. The number of anilines is 1. The van der Waals surface area contributed by atoms with Gasteiger partial charge < -0.3 is 10.0 Å². The maximum atomic E-state index is 10.6. The molecule has 1 aromatic heterocycles. The number of thiazole rings is 1. The summed E-state index contributed by atoms with van der Waals surface area (Å²) in [4.78, 5) is 6.54. The Labute approximate surface area is 163 Å². The van der Waals surface area contributed by atoms with Gasteiger partial charge in [-0.2, -0.15) is 0 Å². The first kappa shape index (κ1) is 17.5. The Morgan fingerprint density at radius 2 is 1.74 bits per heavy atom. The summed E-state index contributed by atoms with van der Waals surface area (Å²) in [5.74, 6) is 0.497. The second-order valence-electron chi connectivity index (χ2n) is 6.95. The number of aliphatic hydroxyl groups excluding tert-OH is 1. The minimum absolute atomic E-state index is 0.200. The summed E-state index contributed by atoms with van der Waals surface area (Å²) in [5, 5.41) is 21.9. The van der Waals surface area contributed by atoms with Gasteiger partial charge in [-0.05, 0) is 38.0 Å². The molecule has 2 aromatic carbocycles. The summed E-state index contributed by atoms with van der Waals surface area (Å²) in [6.45, 7) is 6.42. The zero-order valence-electron chi connectivity index (χ0n) is 15.6. The average Bonchev–Trinajstić information content (AvgIpc) is 3.22. The molecule has 5 heteroatoms. The Morgan fingerprint density at radius 3 is 2.48 bits per heavy atom. The second-order valence-corrected chi connectivity index (χ2v) is 7.81. The summed E-state index contributed by atoms with van der Waals surface area (Å²) >= 11 is 1.46. The van der Waals surface area contributed by atoms with Gasteiger partial charge in [0, 0.05) is 16.6 Å². The van der Waals surface area contributed by atoms with E-state index in [1.807, 2.05) is 42.3 Å². The molecule has 4 nitrogen and oxygen atoms in total. The molecular weight excluding hydrogens is 354 g/mol. The van der Waals surface area contributed by atoms with Crippen LogP contribution in [-0.4, -0.2) is 22.5 Å². The van der Waals surface area contributed by atoms with Gasteiger partial charge in [-0.25, -0.2) is 4.98 Å². The number of hydrogen-bond acceptors (Lipinski definition) is 4. The minimum atomic E-state index is 0.200. The predicted molar refractivity (Wildman–Crippen MR) is 113 cm³/mol. The van der Waals surface area contributed by atoms with E-state index in [4.69, 9.17) is 10.4 Å². The van der Waals surface area contributed by atoms with Crippen molar-refractivity contribution in [3.8, 4) is 11.3 Å². The first-order chi connectivity index (χ1) is 12.9. The summed E-state index contributed by atoms with van der Waals surface area (Å²) in [6, 6.07) is 14.4. The normalized spacial score (nSPS) is 14.3. The summed E-state index contributed by atoms with van der Waals surface area (Å²) < 4.78 is 0. The molecular formula is C22H21N3OS. The standard InChI is InChI=1S/C22H21N3OS/c1-13-5-8-16(9-6-13)17-12-27-22(24-17)20-19(26)11-25(21(20)23)18-10-14(2)4-7-15(18)3/h4-10,12,23,26H,11H2,1-3H3. The fourth-order valence-corrected chi connectivity index (χ4v) is 4.16. The van der Waals surface area contributed by atoms with Crippen molar-refractivity contribution in [2.75, 3.05) is 11.4 Å². The van der Waals surface area contributed by atoms with Crippen LogP contribution in [0.3, 0.4) is 0 Å². The maximum Gasteiger partial charge on any atom is 0.139 e. The van der Waals surface area contributed by atoms with Crippen LogP contribution in [0.1, 0.15) is 21.7 Å². The molecule has 0 radical (unpaired) electrons. The Kier molecular flexibility index (Phi) is 4.32. The molecule has 27 heavy (non-hydrogen) atoms. The molecule has 1 aliphatic heterocycles. The molecule has 0 bridgehead atoms. The molecule has 1 aliphatic rings. The largest absolute Gasteiger partial charge is 0.510 e. The lowest BCUT2D eigenvalue weighted by Crippen LogP contribution is -2.26. The Balaban J connectivity index is 1.67. The lowest BCUT2D eigenvalue weighted by Gasteiger charge is -2.21. The number of nitrogens with zero attached hydrogens (tertiary/aromatic N) is 2. The molecule has 0 saturated heterocycles.